The third-order valence-electron chi connectivity index (χ3n) is 3.47. The molecule has 1 N–H and O–H groups in total. The summed E-state index contributed by atoms with van der Waals surface area (Å²) >= 11 is 6.00. The Morgan fingerprint density at radius 3 is 3.06 bits per heavy atom. The molecule has 1 aliphatic heterocycles. The smallest absolute Gasteiger partial charge is 0.0431 e. The van der Waals surface area contributed by atoms with Crippen molar-refractivity contribution in [3.8, 4) is 0 Å². The van der Waals surface area contributed by atoms with Gasteiger partial charge in [-0.25, -0.2) is 0 Å². The van der Waals surface area contributed by atoms with Gasteiger partial charge in [0.05, 0.1) is 0 Å². The zero-order chi connectivity index (χ0) is 12.1. The van der Waals surface area contributed by atoms with Crippen LogP contribution in [0.25, 0.3) is 0 Å². The number of benzene rings is 1. The molecule has 1 saturated heterocycles. The highest BCUT2D eigenvalue weighted by molar-refractivity contribution is 6.30. The highest BCUT2D eigenvalue weighted by Gasteiger charge is 2.23. The molecule has 1 aromatic carbocycles. The van der Waals surface area contributed by atoms with Crippen molar-refractivity contribution >= 4 is 11.6 Å². The molecule has 0 radical (unpaired) electrons. The summed E-state index contributed by atoms with van der Waals surface area (Å²) in [5.74, 6) is 0. The van der Waals surface area contributed by atoms with Crippen LogP contribution in [0.3, 0.4) is 0 Å². The van der Waals surface area contributed by atoms with Gasteiger partial charge in [0, 0.05) is 24.2 Å². The first kappa shape index (κ1) is 12.9. The van der Waals surface area contributed by atoms with Crippen LogP contribution in [-0.2, 0) is 6.54 Å². The summed E-state index contributed by atoms with van der Waals surface area (Å²) in [4.78, 5) is 2.52. The highest BCUT2D eigenvalue weighted by Crippen LogP contribution is 2.24. The molecule has 1 heterocycles. The molecule has 1 fully saturated rings. The largest absolute Gasteiger partial charge is 0.396 e. The summed E-state index contributed by atoms with van der Waals surface area (Å²) in [6.07, 6.45) is 4.56. The summed E-state index contributed by atoms with van der Waals surface area (Å²) in [6, 6.07) is 8.74. The van der Waals surface area contributed by atoms with E-state index in [2.05, 4.69) is 11.0 Å². The lowest BCUT2D eigenvalue weighted by Crippen LogP contribution is -2.29. The zero-order valence-corrected chi connectivity index (χ0v) is 10.9. The molecular formula is C14H20ClNO. The van der Waals surface area contributed by atoms with Crippen molar-refractivity contribution in [3.05, 3.63) is 34.9 Å². The second kappa shape index (κ2) is 6.39. The quantitative estimate of drug-likeness (QED) is 0.872. The normalized spacial score (nSPS) is 20.9. The number of likely N-dealkylation sites (tertiary alicyclic amines) is 1. The van der Waals surface area contributed by atoms with Crippen LogP contribution in [0.2, 0.25) is 5.02 Å². The van der Waals surface area contributed by atoms with Crippen molar-refractivity contribution in [1.29, 1.82) is 0 Å². The van der Waals surface area contributed by atoms with Gasteiger partial charge in [-0.05, 0) is 49.9 Å². The maximum atomic E-state index is 8.90. The molecule has 2 rings (SSSR count). The maximum absolute atomic E-state index is 8.90. The summed E-state index contributed by atoms with van der Waals surface area (Å²) in [6.45, 7) is 2.46. The van der Waals surface area contributed by atoms with E-state index in [9.17, 15) is 0 Å². The van der Waals surface area contributed by atoms with Crippen LogP contribution in [0.15, 0.2) is 24.3 Å². The molecule has 1 aliphatic rings. The predicted molar refractivity (Wildman–Crippen MR) is 71.2 cm³/mol. The third kappa shape index (κ3) is 3.70. The first-order chi connectivity index (χ1) is 8.29. The summed E-state index contributed by atoms with van der Waals surface area (Å²) in [5, 5.41) is 9.72. The second-order valence-electron chi connectivity index (χ2n) is 4.76. The molecular weight excluding hydrogens is 234 g/mol. The van der Waals surface area contributed by atoms with E-state index in [1.165, 1.54) is 24.9 Å². The number of aliphatic hydroxyl groups is 1. The minimum atomic E-state index is 0.307. The van der Waals surface area contributed by atoms with Gasteiger partial charge in [-0.1, -0.05) is 23.7 Å². The fourth-order valence-corrected chi connectivity index (χ4v) is 2.84. The van der Waals surface area contributed by atoms with Crippen LogP contribution in [0.5, 0.6) is 0 Å². The number of rotatable bonds is 5. The van der Waals surface area contributed by atoms with Crippen molar-refractivity contribution in [1.82, 2.24) is 4.90 Å². The van der Waals surface area contributed by atoms with Gasteiger partial charge in [0.15, 0.2) is 0 Å². The van der Waals surface area contributed by atoms with Crippen molar-refractivity contribution in [2.24, 2.45) is 0 Å². The lowest BCUT2D eigenvalue weighted by atomic mass is 10.1. The third-order valence-corrected chi connectivity index (χ3v) is 3.70. The van der Waals surface area contributed by atoms with E-state index in [1.54, 1.807) is 0 Å². The topological polar surface area (TPSA) is 23.5 Å². The Labute approximate surface area is 108 Å². The zero-order valence-electron chi connectivity index (χ0n) is 10.1. The molecule has 94 valence electrons. The monoisotopic (exact) mass is 253 g/mol. The Hall–Kier alpha value is -0.570. The van der Waals surface area contributed by atoms with E-state index >= 15 is 0 Å². The first-order valence-corrected chi connectivity index (χ1v) is 6.77. The molecule has 0 bridgehead atoms. The molecule has 0 amide bonds. The molecule has 1 unspecified atom stereocenters. The molecule has 0 aliphatic carbocycles. The van der Waals surface area contributed by atoms with Crippen molar-refractivity contribution in [3.63, 3.8) is 0 Å². The van der Waals surface area contributed by atoms with E-state index in [1.807, 2.05) is 18.2 Å². The standard InChI is InChI=1S/C14H20ClNO/c15-13-5-1-4-12(10-13)11-16-8-2-6-14(16)7-3-9-17/h1,4-5,10,14,17H,2-3,6-9,11H2. The first-order valence-electron chi connectivity index (χ1n) is 6.39. The van der Waals surface area contributed by atoms with Crippen molar-refractivity contribution in [2.75, 3.05) is 13.2 Å². The molecule has 1 aromatic rings. The average molecular weight is 254 g/mol. The van der Waals surface area contributed by atoms with Crippen LogP contribution in [0, 0.1) is 0 Å². The Morgan fingerprint density at radius 1 is 1.41 bits per heavy atom. The van der Waals surface area contributed by atoms with Crippen LogP contribution in [-0.4, -0.2) is 29.2 Å². The maximum Gasteiger partial charge on any atom is 0.0431 e. The Balaban J connectivity index is 1.93. The molecule has 17 heavy (non-hydrogen) atoms. The van der Waals surface area contributed by atoms with Gasteiger partial charge in [0.2, 0.25) is 0 Å². The van der Waals surface area contributed by atoms with E-state index in [0.29, 0.717) is 12.6 Å². The molecule has 1 atom stereocenters. The van der Waals surface area contributed by atoms with Crippen LogP contribution >= 0.6 is 11.6 Å². The number of hydrogen-bond acceptors (Lipinski definition) is 2. The van der Waals surface area contributed by atoms with Gasteiger partial charge < -0.3 is 5.11 Å². The summed E-state index contributed by atoms with van der Waals surface area (Å²) in [7, 11) is 0. The van der Waals surface area contributed by atoms with Gasteiger partial charge in [0.25, 0.3) is 0 Å². The van der Waals surface area contributed by atoms with E-state index in [-0.39, 0.29) is 0 Å². The number of halogens is 1. The van der Waals surface area contributed by atoms with Gasteiger partial charge in [-0.3, -0.25) is 4.90 Å². The van der Waals surface area contributed by atoms with Crippen molar-refractivity contribution < 1.29 is 5.11 Å². The highest BCUT2D eigenvalue weighted by atomic mass is 35.5. The summed E-state index contributed by atoms with van der Waals surface area (Å²) in [5.41, 5.74) is 1.29. The van der Waals surface area contributed by atoms with Gasteiger partial charge >= 0.3 is 0 Å². The van der Waals surface area contributed by atoms with E-state index in [4.69, 9.17) is 16.7 Å². The number of hydrogen-bond donors (Lipinski definition) is 1. The van der Waals surface area contributed by atoms with Gasteiger partial charge in [-0.2, -0.15) is 0 Å². The molecule has 0 saturated carbocycles. The Kier molecular flexibility index (Phi) is 4.84. The molecule has 0 spiro atoms. The van der Waals surface area contributed by atoms with E-state index < -0.39 is 0 Å². The predicted octanol–water partition coefficient (Wildman–Crippen LogP) is 3.08. The minimum absolute atomic E-state index is 0.307. The average Bonchev–Trinajstić information content (AvgIpc) is 2.74. The van der Waals surface area contributed by atoms with Crippen LogP contribution < -0.4 is 0 Å². The van der Waals surface area contributed by atoms with Crippen LogP contribution in [0.4, 0.5) is 0 Å². The Bertz CT molecular complexity index is 356. The molecule has 2 nitrogen and oxygen atoms in total. The number of aliphatic hydroxyl groups excluding tert-OH is 1. The second-order valence-corrected chi connectivity index (χ2v) is 5.20. The van der Waals surface area contributed by atoms with Crippen molar-refractivity contribution in [2.45, 2.75) is 38.3 Å². The Morgan fingerprint density at radius 2 is 2.29 bits per heavy atom. The van der Waals surface area contributed by atoms with E-state index in [0.717, 1.165) is 24.4 Å². The lowest BCUT2D eigenvalue weighted by molar-refractivity contribution is 0.210. The number of nitrogens with zero attached hydrogens (tertiary/aromatic N) is 1. The minimum Gasteiger partial charge on any atom is -0.396 e. The molecule has 3 heteroatoms. The van der Waals surface area contributed by atoms with Crippen LogP contribution in [0.1, 0.15) is 31.2 Å². The lowest BCUT2D eigenvalue weighted by Gasteiger charge is -2.24. The van der Waals surface area contributed by atoms with Gasteiger partial charge in [0.1, 0.15) is 0 Å². The molecule has 0 aromatic heterocycles. The fourth-order valence-electron chi connectivity index (χ4n) is 2.63. The summed E-state index contributed by atoms with van der Waals surface area (Å²) < 4.78 is 0. The van der Waals surface area contributed by atoms with Gasteiger partial charge in [-0.15, -0.1) is 0 Å². The fraction of sp³-hybridized carbons (Fsp3) is 0.571. The SMILES string of the molecule is OCCCC1CCCN1Cc1cccc(Cl)c1.